The van der Waals surface area contributed by atoms with Crippen molar-refractivity contribution >= 4 is 12.3 Å². The van der Waals surface area contributed by atoms with Gasteiger partial charge in [-0.25, -0.2) is 8.78 Å². The summed E-state index contributed by atoms with van der Waals surface area (Å²) in [5, 5.41) is 7.60. The fourth-order valence-corrected chi connectivity index (χ4v) is 1.76. The van der Waals surface area contributed by atoms with Crippen molar-refractivity contribution in [2.75, 3.05) is 6.54 Å². The molecule has 0 aliphatic heterocycles. The van der Waals surface area contributed by atoms with Crippen LogP contribution >= 0.6 is 0 Å². The van der Waals surface area contributed by atoms with Crippen molar-refractivity contribution in [2.45, 2.75) is 38.1 Å². The van der Waals surface area contributed by atoms with Crippen LogP contribution in [-0.2, 0) is 4.79 Å². The number of nitrogens with two attached hydrogens (primary N) is 2. The number of rotatable bonds is 2. The Balaban J connectivity index is 0.000000322. The Hall–Kier alpha value is -1.86. The second-order valence-electron chi connectivity index (χ2n) is 4.75. The zero-order valence-electron chi connectivity index (χ0n) is 12.3. The summed E-state index contributed by atoms with van der Waals surface area (Å²) in [6, 6.07) is 3.81. The van der Waals surface area contributed by atoms with E-state index in [0.717, 1.165) is 12.1 Å². The molecule has 0 bridgehead atoms. The van der Waals surface area contributed by atoms with Crippen LogP contribution < -0.4 is 11.5 Å². The van der Waals surface area contributed by atoms with Crippen LogP contribution in [0.15, 0.2) is 18.2 Å². The maximum absolute atomic E-state index is 12.4. The lowest BCUT2D eigenvalue weighted by Crippen LogP contribution is -2.22. The predicted octanol–water partition coefficient (Wildman–Crippen LogP) is 2.08. The van der Waals surface area contributed by atoms with Gasteiger partial charge in [-0.3, -0.25) is 9.59 Å². The molecule has 0 spiro atoms. The number of aliphatic carboxylic acids is 1. The van der Waals surface area contributed by atoms with Gasteiger partial charge in [-0.2, -0.15) is 0 Å². The monoisotopic (exact) mass is 316 g/mol. The molecule has 0 amide bonds. The van der Waals surface area contributed by atoms with Gasteiger partial charge in [0.1, 0.15) is 11.6 Å². The largest absolute Gasteiger partial charge is 0.480 e. The maximum atomic E-state index is 12.4. The van der Waals surface area contributed by atoms with E-state index in [1.807, 2.05) is 0 Å². The van der Waals surface area contributed by atoms with E-state index in [1.165, 1.54) is 38.2 Å². The van der Waals surface area contributed by atoms with Gasteiger partial charge in [0.05, 0.1) is 12.1 Å². The third-order valence-corrected chi connectivity index (χ3v) is 2.94. The minimum Gasteiger partial charge on any atom is -0.480 e. The number of hydrogen-bond donors (Lipinski definition) is 3. The quantitative estimate of drug-likeness (QED) is 0.724. The van der Waals surface area contributed by atoms with E-state index >= 15 is 0 Å². The number of benzene rings is 1. The Morgan fingerprint density at radius 1 is 1.23 bits per heavy atom. The topological polar surface area (TPSA) is 106 Å². The Morgan fingerprint density at radius 2 is 1.68 bits per heavy atom. The van der Waals surface area contributed by atoms with Gasteiger partial charge in [-0.1, -0.05) is 25.3 Å². The molecule has 5 nitrogen and oxygen atoms in total. The molecule has 0 atom stereocenters. The van der Waals surface area contributed by atoms with E-state index < -0.39 is 23.2 Å². The van der Waals surface area contributed by atoms with Gasteiger partial charge in [0.15, 0.2) is 6.29 Å². The summed E-state index contributed by atoms with van der Waals surface area (Å²) in [7, 11) is 0. The highest BCUT2D eigenvalue weighted by atomic mass is 19.1. The normalized spacial score (nSPS) is 14.0. The van der Waals surface area contributed by atoms with Crippen molar-refractivity contribution in [1.82, 2.24) is 0 Å². The highest BCUT2D eigenvalue weighted by Crippen LogP contribution is 2.14. The van der Waals surface area contributed by atoms with Gasteiger partial charge in [-0.15, -0.1) is 0 Å². The van der Waals surface area contributed by atoms with Crippen LogP contribution in [0.2, 0.25) is 0 Å². The number of carbonyl (C=O) groups is 2. The zero-order chi connectivity index (χ0) is 17.0. The van der Waals surface area contributed by atoms with Gasteiger partial charge in [0.25, 0.3) is 0 Å². The lowest BCUT2D eigenvalue weighted by atomic mass is 9.97. The van der Waals surface area contributed by atoms with E-state index in [4.69, 9.17) is 10.8 Å². The van der Waals surface area contributed by atoms with Crippen molar-refractivity contribution in [3.8, 4) is 0 Å². The number of carboxylic acid groups (broad SMARTS) is 1. The van der Waals surface area contributed by atoms with Crippen molar-refractivity contribution in [2.24, 2.45) is 11.5 Å². The molecular formula is C15H22F2N2O3. The second kappa shape index (κ2) is 11.8. The van der Waals surface area contributed by atoms with Crippen LogP contribution in [-0.4, -0.2) is 29.9 Å². The van der Waals surface area contributed by atoms with Crippen LogP contribution in [0.3, 0.4) is 0 Å². The minimum absolute atomic E-state index is 0.157. The number of hydrogen-bond acceptors (Lipinski definition) is 4. The zero-order valence-corrected chi connectivity index (χ0v) is 12.3. The lowest BCUT2D eigenvalue weighted by molar-refractivity contribution is -0.135. The fourth-order valence-electron chi connectivity index (χ4n) is 1.76. The molecule has 1 fully saturated rings. The molecule has 5 N–H and O–H groups in total. The summed E-state index contributed by atoms with van der Waals surface area (Å²) in [5.41, 5.74) is 9.69. The van der Waals surface area contributed by atoms with Crippen LogP contribution in [0.4, 0.5) is 8.78 Å². The molecule has 0 aromatic heterocycles. The molecule has 2 rings (SSSR count). The van der Waals surface area contributed by atoms with E-state index in [9.17, 15) is 18.4 Å². The Labute approximate surface area is 128 Å². The minimum atomic E-state index is -0.968. The molecule has 1 saturated carbocycles. The predicted molar refractivity (Wildman–Crippen MR) is 79.5 cm³/mol. The summed E-state index contributed by atoms with van der Waals surface area (Å²) in [6.45, 7) is -0.278. The third-order valence-electron chi connectivity index (χ3n) is 2.94. The Morgan fingerprint density at radius 3 is 1.91 bits per heavy atom. The van der Waals surface area contributed by atoms with Gasteiger partial charge in [-0.05, 0) is 25.0 Å². The van der Waals surface area contributed by atoms with E-state index in [-0.39, 0.29) is 12.8 Å². The van der Waals surface area contributed by atoms with Crippen LogP contribution in [0.5, 0.6) is 0 Å². The number of halogens is 2. The van der Waals surface area contributed by atoms with Gasteiger partial charge in [0.2, 0.25) is 0 Å². The Bertz CT molecular complexity index is 444. The highest BCUT2D eigenvalue weighted by molar-refractivity contribution is 5.75. The average molecular weight is 316 g/mol. The summed E-state index contributed by atoms with van der Waals surface area (Å²) in [5.74, 6) is -2.62. The van der Waals surface area contributed by atoms with Gasteiger partial charge >= 0.3 is 5.97 Å². The van der Waals surface area contributed by atoms with Crippen molar-refractivity contribution in [1.29, 1.82) is 0 Å². The van der Waals surface area contributed by atoms with E-state index in [0.29, 0.717) is 6.04 Å². The first kappa shape index (κ1) is 20.1. The number of carbonyl (C=O) groups excluding carboxylic acids is 1. The molecule has 1 aliphatic rings. The molecule has 0 radical (unpaired) electrons. The first-order chi connectivity index (χ1) is 10.4. The number of aldehydes is 1. The first-order valence-corrected chi connectivity index (χ1v) is 6.99. The molecule has 0 heterocycles. The van der Waals surface area contributed by atoms with Gasteiger partial charge in [0, 0.05) is 6.04 Å². The molecule has 1 aromatic rings. The van der Waals surface area contributed by atoms with Gasteiger partial charge < -0.3 is 16.6 Å². The molecule has 7 heteroatoms. The summed E-state index contributed by atoms with van der Waals surface area (Å²) >= 11 is 0. The molecule has 22 heavy (non-hydrogen) atoms. The van der Waals surface area contributed by atoms with E-state index in [2.05, 4.69) is 5.73 Å². The second-order valence-corrected chi connectivity index (χ2v) is 4.75. The molecule has 0 saturated heterocycles. The standard InChI is InChI=1S/C7H4F2O.C6H13N.C2H5NO2/c8-6-2-1-3-7(9)5(6)4-10;7-6-4-2-1-3-5-6;3-1-2(4)5/h1-4H;6H,1-5,7H2;1,3H2,(H,4,5). The SMILES string of the molecule is NC1CCCCC1.NCC(=O)O.O=Cc1c(F)cccc1F. The summed E-state index contributed by atoms with van der Waals surface area (Å²) < 4.78 is 24.8. The highest BCUT2D eigenvalue weighted by Gasteiger charge is 2.06. The van der Waals surface area contributed by atoms with Crippen molar-refractivity contribution < 1.29 is 23.5 Å². The molecule has 1 aromatic carbocycles. The molecule has 1 aliphatic carbocycles. The Kier molecular flexibility index (Phi) is 10.8. The number of carboxylic acids is 1. The third kappa shape index (κ3) is 9.15. The van der Waals surface area contributed by atoms with E-state index in [1.54, 1.807) is 0 Å². The van der Waals surface area contributed by atoms with Crippen LogP contribution in [0.25, 0.3) is 0 Å². The lowest BCUT2D eigenvalue weighted by Gasteiger charge is -2.15. The fraction of sp³-hybridized carbons (Fsp3) is 0.467. The van der Waals surface area contributed by atoms with Crippen molar-refractivity contribution in [3.05, 3.63) is 35.4 Å². The van der Waals surface area contributed by atoms with Crippen LogP contribution in [0, 0.1) is 11.6 Å². The summed E-state index contributed by atoms with van der Waals surface area (Å²) in [4.78, 5) is 19.2. The van der Waals surface area contributed by atoms with Crippen LogP contribution in [0.1, 0.15) is 42.5 Å². The smallest absolute Gasteiger partial charge is 0.317 e. The molecular weight excluding hydrogens is 294 g/mol. The van der Waals surface area contributed by atoms with Crippen molar-refractivity contribution in [3.63, 3.8) is 0 Å². The molecule has 0 unspecified atom stereocenters. The average Bonchev–Trinajstić information content (AvgIpc) is 2.49. The first-order valence-electron chi connectivity index (χ1n) is 6.99. The maximum Gasteiger partial charge on any atom is 0.317 e. The molecule has 124 valence electrons. The summed E-state index contributed by atoms with van der Waals surface area (Å²) in [6.07, 6.45) is 6.82.